The summed E-state index contributed by atoms with van der Waals surface area (Å²) in [5, 5.41) is 14.4. The zero-order valence-corrected chi connectivity index (χ0v) is 58.8. The van der Waals surface area contributed by atoms with E-state index in [9.17, 15) is 0 Å². The van der Waals surface area contributed by atoms with Gasteiger partial charge < -0.3 is 28.4 Å². The molecule has 482 valence electrons. The lowest BCUT2D eigenvalue weighted by Crippen LogP contribution is -2.60. The van der Waals surface area contributed by atoms with Crippen LogP contribution >= 0.6 is 22.7 Å². The molecule has 22 rings (SSSR count). The zero-order chi connectivity index (χ0) is 67.8. The third-order valence-electron chi connectivity index (χ3n) is 22.4. The summed E-state index contributed by atoms with van der Waals surface area (Å²) in [6, 6.07) is 105. The molecule has 8 heterocycles. The highest BCUT2D eigenvalue weighted by Crippen LogP contribution is 2.55. The number of nitrogens with zero attached hydrogens (tertiary/aromatic N) is 4. The molecule has 102 heavy (non-hydrogen) atoms. The molecule has 4 aliphatic rings. The van der Waals surface area contributed by atoms with E-state index in [0.29, 0.717) is 0 Å². The Balaban J connectivity index is 0.766. The molecule has 4 aromatic heterocycles. The van der Waals surface area contributed by atoms with Gasteiger partial charge in [0.15, 0.2) is 0 Å². The predicted molar refractivity (Wildman–Crippen MR) is 438 cm³/mol. The van der Waals surface area contributed by atoms with E-state index in [4.69, 9.17) is 8.83 Å². The minimum absolute atomic E-state index is 0.0147. The van der Waals surface area contributed by atoms with Gasteiger partial charge >= 0.3 is 6.71 Å². The van der Waals surface area contributed by atoms with Gasteiger partial charge in [-0.15, -0.1) is 22.7 Å². The summed E-state index contributed by atoms with van der Waals surface area (Å²) >= 11 is 3.95. The van der Waals surface area contributed by atoms with Crippen molar-refractivity contribution >= 4 is 221 Å². The van der Waals surface area contributed by atoms with Crippen molar-refractivity contribution in [2.24, 2.45) is 0 Å². The normalized spacial score (nSPS) is 13.9. The number of hydrogen-bond acceptors (Lipinski definition) is 8. The number of para-hydroxylation sites is 1. The van der Waals surface area contributed by atoms with Crippen molar-refractivity contribution in [3.05, 3.63) is 290 Å². The van der Waals surface area contributed by atoms with Gasteiger partial charge in [-0.2, -0.15) is 0 Å². The monoisotopic (exact) mass is 1340 g/mol. The number of benzene rings is 14. The van der Waals surface area contributed by atoms with Crippen LogP contribution in [0.5, 0.6) is 0 Å². The second-order valence-electron chi connectivity index (χ2n) is 30.2. The number of fused-ring (bicyclic) bond motifs is 24. The Kier molecular flexibility index (Phi) is 12.0. The summed E-state index contributed by atoms with van der Waals surface area (Å²) in [7, 11) is 0. The summed E-state index contributed by atoms with van der Waals surface area (Å²) < 4.78 is 20.8. The van der Waals surface area contributed by atoms with Crippen LogP contribution < -0.4 is 51.4 Å². The van der Waals surface area contributed by atoms with Crippen LogP contribution in [-0.2, 0) is 10.8 Å². The largest absolute Gasteiger partial charge is 0.468 e. The molecule has 0 amide bonds. The summed E-state index contributed by atoms with van der Waals surface area (Å²) in [6.07, 6.45) is 0. The maximum Gasteiger partial charge on any atom is 0.342 e. The van der Waals surface area contributed by atoms with Crippen LogP contribution in [0.2, 0.25) is 0 Å². The van der Waals surface area contributed by atoms with Gasteiger partial charge in [0, 0.05) is 80.3 Å². The van der Waals surface area contributed by atoms with Crippen LogP contribution in [0.25, 0.3) is 96.3 Å². The standard InChI is InChI=1S/C92H64B2N4O2S2/c1-91(2,3)59-38-42-62(43-39-59)96-74-51-58-23-13-15-29-66(58)80-79(74)93(88-84(98(80)63-44-40-60(41-45-63)92(4,5)6)77-65-28-14-10-20-53(65)37-49-75(77)99-88)87-81(96)69-46-36-57(52-76(69)100-87)56-24-18-27-64(50-56)97-73-33-19-32-72-78(73)94(90-83(97)71-48-35-55-22-12-17-31-68(55)86(71)102-90)89-82(95(72)61-25-8-7-9-26-61)70-47-34-54-21-11-16-30-67(54)85(70)101-89/h7-52H,1-6H3. The third-order valence-corrected chi connectivity index (χ3v) is 25.0. The van der Waals surface area contributed by atoms with E-state index in [0.717, 1.165) is 117 Å². The first kappa shape index (κ1) is 58.3. The molecule has 0 saturated carbocycles. The minimum Gasteiger partial charge on any atom is -0.468 e. The zero-order valence-electron chi connectivity index (χ0n) is 57.1. The van der Waals surface area contributed by atoms with Gasteiger partial charge in [-0.3, -0.25) is 0 Å². The lowest BCUT2D eigenvalue weighted by atomic mass is 9.37. The number of rotatable bonds is 5. The molecule has 0 radical (unpaired) electrons. The van der Waals surface area contributed by atoms with Crippen molar-refractivity contribution in [2.75, 3.05) is 19.6 Å². The van der Waals surface area contributed by atoms with Crippen molar-refractivity contribution in [1.82, 2.24) is 0 Å². The third kappa shape index (κ3) is 8.13. The molecule has 0 saturated heterocycles. The Morgan fingerprint density at radius 2 is 0.775 bits per heavy atom. The summed E-state index contributed by atoms with van der Waals surface area (Å²) in [6.45, 7) is 13.3. The second-order valence-corrected chi connectivity index (χ2v) is 32.3. The SMILES string of the molecule is CC(C)(C)c1ccc(N2c3cc4ccccc4c4c3B(c3oc5cc(-c6cccc(N7c8cccc9c8B(c8sc%10c(ccc%11ccccc%11%10)c8N9c8ccccc8)c8sc9c(ccc%10ccccc%109)c87)c6)ccc5c32)c2oc3ccc5ccccc5c3c2N4c2ccc(C(C)(C)C)cc2)cc1. The number of hydrogen-bond donors (Lipinski definition) is 0. The number of furan rings is 2. The average Bonchev–Trinajstić information content (AvgIpc) is 1.42. The molecule has 0 spiro atoms. The molecular formula is C92H64B2N4O2S2. The summed E-state index contributed by atoms with van der Waals surface area (Å²) in [4.78, 5) is 10.2. The molecule has 0 fully saturated rings. The molecule has 0 unspecified atom stereocenters. The fourth-order valence-electron chi connectivity index (χ4n) is 17.7. The highest BCUT2D eigenvalue weighted by molar-refractivity contribution is 7.41. The van der Waals surface area contributed by atoms with Gasteiger partial charge in [-0.25, -0.2) is 0 Å². The van der Waals surface area contributed by atoms with Crippen LogP contribution in [-0.4, -0.2) is 13.4 Å². The lowest BCUT2D eigenvalue weighted by molar-refractivity contribution is 0.590. The van der Waals surface area contributed by atoms with Crippen LogP contribution in [0.3, 0.4) is 0 Å². The maximum atomic E-state index is 7.82. The van der Waals surface area contributed by atoms with Gasteiger partial charge in [0.1, 0.15) is 22.5 Å². The molecule has 14 aromatic carbocycles. The van der Waals surface area contributed by atoms with Gasteiger partial charge in [-0.05, 0) is 167 Å². The number of thiophene rings is 2. The maximum absolute atomic E-state index is 7.82. The van der Waals surface area contributed by atoms with Gasteiger partial charge in [-0.1, -0.05) is 236 Å². The van der Waals surface area contributed by atoms with E-state index in [-0.39, 0.29) is 17.5 Å². The first-order valence-corrected chi connectivity index (χ1v) is 37.2. The topological polar surface area (TPSA) is 39.2 Å². The van der Waals surface area contributed by atoms with Crippen molar-refractivity contribution in [3.8, 4) is 11.1 Å². The summed E-state index contributed by atoms with van der Waals surface area (Å²) in [5.74, 6) is 0. The fourth-order valence-corrected chi connectivity index (χ4v) is 20.7. The van der Waals surface area contributed by atoms with E-state index < -0.39 is 6.71 Å². The first-order chi connectivity index (χ1) is 49.9. The van der Waals surface area contributed by atoms with Crippen molar-refractivity contribution in [2.45, 2.75) is 52.4 Å². The molecule has 0 atom stereocenters. The van der Waals surface area contributed by atoms with E-state index in [1.54, 1.807) is 0 Å². The number of anilines is 12. The van der Waals surface area contributed by atoms with E-state index in [1.165, 1.54) is 90.6 Å². The molecule has 10 heteroatoms. The van der Waals surface area contributed by atoms with E-state index >= 15 is 0 Å². The van der Waals surface area contributed by atoms with Crippen LogP contribution in [0.4, 0.5) is 68.2 Å². The van der Waals surface area contributed by atoms with Crippen LogP contribution in [0, 0.1) is 0 Å². The van der Waals surface area contributed by atoms with Gasteiger partial charge in [0.25, 0.3) is 6.71 Å². The quantitative estimate of drug-likeness (QED) is 0.160. The molecule has 4 aliphatic heterocycles. The minimum atomic E-state index is -0.419. The van der Waals surface area contributed by atoms with Crippen molar-refractivity contribution in [1.29, 1.82) is 0 Å². The van der Waals surface area contributed by atoms with E-state index in [1.807, 2.05) is 22.7 Å². The molecule has 0 bridgehead atoms. The molecule has 18 aromatic rings. The second kappa shape index (κ2) is 21.0. The molecule has 0 N–H and O–H groups in total. The molecule has 0 aliphatic carbocycles. The highest BCUT2D eigenvalue weighted by Gasteiger charge is 2.52. The van der Waals surface area contributed by atoms with Crippen molar-refractivity contribution in [3.63, 3.8) is 0 Å². The highest BCUT2D eigenvalue weighted by atomic mass is 32.1. The predicted octanol–water partition coefficient (Wildman–Crippen LogP) is 22.6. The Bertz CT molecular complexity index is 6650. The Morgan fingerprint density at radius 3 is 1.41 bits per heavy atom. The smallest absolute Gasteiger partial charge is 0.342 e. The van der Waals surface area contributed by atoms with E-state index in [2.05, 4.69) is 340 Å². The Morgan fingerprint density at radius 1 is 0.294 bits per heavy atom. The average molecular weight is 1340 g/mol. The van der Waals surface area contributed by atoms with Crippen LogP contribution in [0.1, 0.15) is 52.7 Å². The molecular weight excluding hydrogens is 1280 g/mol. The van der Waals surface area contributed by atoms with Crippen molar-refractivity contribution < 1.29 is 8.83 Å². The Hall–Kier alpha value is -11.6. The summed E-state index contributed by atoms with van der Waals surface area (Å²) in [5.41, 5.74) is 24.0. The van der Waals surface area contributed by atoms with Crippen LogP contribution in [0.15, 0.2) is 288 Å². The van der Waals surface area contributed by atoms with Gasteiger partial charge in [0.2, 0.25) is 0 Å². The lowest BCUT2D eigenvalue weighted by Gasteiger charge is -2.42. The first-order valence-electron chi connectivity index (χ1n) is 35.5. The van der Waals surface area contributed by atoms with Gasteiger partial charge in [0.05, 0.1) is 33.8 Å². The fraction of sp³-hybridized carbons (Fsp3) is 0.0870. The Labute approximate surface area is 599 Å². The molecule has 6 nitrogen and oxygen atoms in total.